The lowest BCUT2D eigenvalue weighted by Crippen LogP contribution is -2.42. The predicted molar refractivity (Wildman–Crippen MR) is 94.4 cm³/mol. The van der Waals surface area contributed by atoms with E-state index >= 15 is 0 Å². The first-order valence-electron chi connectivity index (χ1n) is 8.28. The van der Waals surface area contributed by atoms with E-state index in [1.807, 2.05) is 0 Å². The number of benzene rings is 1. The summed E-state index contributed by atoms with van der Waals surface area (Å²) in [5.41, 5.74) is 0.331. The quantitative estimate of drug-likeness (QED) is 0.527. The Hall–Kier alpha value is -2.43. The van der Waals surface area contributed by atoms with Gasteiger partial charge in [-0.2, -0.15) is 0 Å². The predicted octanol–water partition coefficient (Wildman–Crippen LogP) is 1.65. The minimum Gasteiger partial charge on any atom is -0.546 e. The third kappa shape index (κ3) is 3.87. The molecule has 0 aliphatic carbocycles. The molecule has 0 bridgehead atoms. The van der Waals surface area contributed by atoms with Gasteiger partial charge in [0.05, 0.1) is 24.0 Å². The lowest BCUT2D eigenvalue weighted by atomic mass is 10.1. The number of nitrogens with one attached hydrogen (secondary N) is 1. The Morgan fingerprint density at radius 3 is 3.04 bits per heavy atom. The first-order valence-corrected chi connectivity index (χ1v) is 9.35. The maximum atomic E-state index is 12.7. The summed E-state index contributed by atoms with van der Waals surface area (Å²) in [5, 5.41) is 23.1. The highest BCUT2D eigenvalue weighted by Gasteiger charge is 2.26. The van der Waals surface area contributed by atoms with Crippen LogP contribution < -0.4 is 10.1 Å². The topological polar surface area (TPSA) is 131 Å². The number of aromatic nitrogens is 2. The Morgan fingerprint density at radius 2 is 2.31 bits per heavy atom. The van der Waals surface area contributed by atoms with Crippen molar-refractivity contribution >= 4 is 28.6 Å². The number of ether oxygens (including phenoxy) is 1. The Kier molecular flexibility index (Phi) is 5.55. The van der Waals surface area contributed by atoms with E-state index in [9.17, 15) is 19.6 Å². The molecule has 1 aromatic carbocycles. The Balaban J connectivity index is 1.84. The van der Waals surface area contributed by atoms with E-state index in [0.29, 0.717) is 26.0 Å². The second-order valence-corrected chi connectivity index (χ2v) is 6.70. The van der Waals surface area contributed by atoms with Crippen LogP contribution in [0.2, 0.25) is 0 Å². The van der Waals surface area contributed by atoms with E-state index in [-0.39, 0.29) is 41.2 Å². The zero-order valence-electron chi connectivity index (χ0n) is 14.2. The van der Waals surface area contributed by atoms with Crippen LogP contribution in [0, 0.1) is 0 Å². The third-order valence-electron chi connectivity index (χ3n) is 4.02. The molecular formula is C16H20N4O5S. The van der Waals surface area contributed by atoms with Gasteiger partial charge in [0.2, 0.25) is 0 Å². The van der Waals surface area contributed by atoms with Crippen molar-refractivity contribution in [3.63, 3.8) is 0 Å². The number of carbonyl (C=O) groups excluding carboxylic acids is 1. The molecule has 1 aliphatic heterocycles. The van der Waals surface area contributed by atoms with Gasteiger partial charge in [-0.1, -0.05) is 6.07 Å². The SMILES string of the molecule is CCOc1n[s+]([O-])nc1Nc1cccc(C(=O)N2CCCC(O)C2)c1O. The number of hydrogen-bond acceptors (Lipinski definition) is 8. The molecule has 1 aromatic heterocycles. The second kappa shape index (κ2) is 7.85. The summed E-state index contributed by atoms with van der Waals surface area (Å²) in [6.07, 6.45) is 0.819. The van der Waals surface area contributed by atoms with Crippen molar-refractivity contribution in [3.05, 3.63) is 23.8 Å². The standard InChI is InChI=1S/C16H20N4O5S/c1-2-25-15-14(18-26(24)19-15)17-12-7-3-6-11(13(12)22)16(23)20-8-4-5-10(21)9-20/h3,6-7,10,21-22H,2,4-5,8-9H2,1H3,(H,17,18). The summed E-state index contributed by atoms with van der Waals surface area (Å²) in [4.78, 5) is 14.2. The molecule has 2 unspecified atom stereocenters. The van der Waals surface area contributed by atoms with Crippen molar-refractivity contribution in [3.8, 4) is 11.6 Å². The third-order valence-corrected chi connectivity index (χ3v) is 4.68. The number of anilines is 2. The highest BCUT2D eigenvalue weighted by Crippen LogP contribution is 2.34. The van der Waals surface area contributed by atoms with Crippen LogP contribution in [0.25, 0.3) is 0 Å². The molecule has 3 N–H and O–H groups in total. The van der Waals surface area contributed by atoms with Crippen LogP contribution in [0.4, 0.5) is 11.5 Å². The van der Waals surface area contributed by atoms with E-state index < -0.39 is 17.2 Å². The summed E-state index contributed by atoms with van der Waals surface area (Å²) in [6, 6.07) is 4.68. The number of β-amino-alcohol motifs (C(OH)–C–C–N with tert-alkyl or cyclic N) is 1. The van der Waals surface area contributed by atoms with Crippen LogP contribution in [0.3, 0.4) is 0 Å². The lowest BCUT2D eigenvalue weighted by Gasteiger charge is -2.30. The Bertz CT molecular complexity index is 797. The maximum Gasteiger partial charge on any atom is 0.318 e. The summed E-state index contributed by atoms with van der Waals surface area (Å²) in [6.45, 7) is 2.84. The second-order valence-electron chi connectivity index (χ2n) is 5.87. The van der Waals surface area contributed by atoms with E-state index in [4.69, 9.17) is 4.74 Å². The van der Waals surface area contributed by atoms with Crippen LogP contribution in [-0.4, -0.2) is 60.1 Å². The summed E-state index contributed by atoms with van der Waals surface area (Å²) < 4.78 is 24.3. The molecule has 3 rings (SSSR count). The Morgan fingerprint density at radius 1 is 1.50 bits per heavy atom. The van der Waals surface area contributed by atoms with Gasteiger partial charge in [0.15, 0.2) is 16.9 Å². The van der Waals surface area contributed by atoms with E-state index in [2.05, 4.69) is 14.1 Å². The number of carbonyl (C=O) groups is 1. The van der Waals surface area contributed by atoms with Crippen LogP contribution in [0.15, 0.2) is 18.2 Å². The first-order chi connectivity index (χ1) is 12.5. The number of para-hydroxylation sites is 1. The van der Waals surface area contributed by atoms with Gasteiger partial charge in [0.1, 0.15) is 0 Å². The molecule has 9 nitrogen and oxygen atoms in total. The number of aliphatic hydroxyl groups excluding tert-OH is 1. The number of amides is 1. The van der Waals surface area contributed by atoms with Gasteiger partial charge in [-0.25, -0.2) is 0 Å². The highest BCUT2D eigenvalue weighted by atomic mass is 32.2. The molecular weight excluding hydrogens is 360 g/mol. The molecule has 0 spiro atoms. The fraction of sp³-hybridized carbons (Fsp3) is 0.438. The van der Waals surface area contributed by atoms with E-state index in [0.717, 1.165) is 0 Å². The average molecular weight is 380 g/mol. The number of piperidine rings is 1. The van der Waals surface area contributed by atoms with Crippen molar-refractivity contribution in [2.45, 2.75) is 25.9 Å². The number of aliphatic hydroxyl groups is 1. The smallest absolute Gasteiger partial charge is 0.318 e. The molecule has 140 valence electrons. The molecule has 1 aliphatic rings. The van der Waals surface area contributed by atoms with Gasteiger partial charge in [0.25, 0.3) is 11.7 Å². The fourth-order valence-corrected chi connectivity index (χ4v) is 3.42. The van der Waals surface area contributed by atoms with Gasteiger partial charge in [-0.15, -0.1) is 0 Å². The minimum atomic E-state index is -1.78. The summed E-state index contributed by atoms with van der Waals surface area (Å²) in [7, 11) is 0. The molecule has 1 fully saturated rings. The van der Waals surface area contributed by atoms with Crippen LogP contribution in [0.5, 0.6) is 11.6 Å². The van der Waals surface area contributed by atoms with Crippen molar-refractivity contribution in [1.82, 2.24) is 13.6 Å². The number of aromatic hydroxyl groups is 1. The normalized spacial score (nSPS) is 17.9. The highest BCUT2D eigenvalue weighted by molar-refractivity contribution is 7.14. The van der Waals surface area contributed by atoms with Gasteiger partial charge in [-0.05, 0) is 31.9 Å². The lowest BCUT2D eigenvalue weighted by molar-refractivity contribution is 0.0471. The monoisotopic (exact) mass is 380 g/mol. The van der Waals surface area contributed by atoms with Crippen LogP contribution in [-0.2, 0) is 0 Å². The number of hydrogen-bond donors (Lipinski definition) is 3. The molecule has 0 radical (unpaired) electrons. The van der Waals surface area contributed by atoms with Gasteiger partial charge in [-0.3, -0.25) is 4.79 Å². The van der Waals surface area contributed by atoms with Crippen molar-refractivity contribution in [1.29, 1.82) is 0 Å². The summed E-state index contributed by atoms with van der Waals surface area (Å²) in [5.74, 6) is -0.408. The molecule has 2 aromatic rings. The number of nitrogens with zero attached hydrogens (tertiary/aromatic N) is 3. The van der Waals surface area contributed by atoms with Crippen LogP contribution in [0.1, 0.15) is 30.1 Å². The van der Waals surface area contributed by atoms with Gasteiger partial charge >= 0.3 is 5.88 Å². The van der Waals surface area contributed by atoms with Crippen molar-refractivity contribution in [2.24, 2.45) is 0 Å². The Labute approximate surface area is 153 Å². The van der Waals surface area contributed by atoms with E-state index in [1.54, 1.807) is 19.1 Å². The van der Waals surface area contributed by atoms with Crippen molar-refractivity contribution < 1.29 is 24.3 Å². The molecule has 2 heterocycles. The van der Waals surface area contributed by atoms with Crippen LogP contribution >= 0.6 is 11.1 Å². The zero-order valence-corrected chi connectivity index (χ0v) is 15.0. The largest absolute Gasteiger partial charge is 0.546 e. The summed E-state index contributed by atoms with van der Waals surface area (Å²) >= 11 is -1.78. The minimum absolute atomic E-state index is 0.0844. The zero-order chi connectivity index (χ0) is 18.7. The fourth-order valence-electron chi connectivity index (χ4n) is 2.81. The molecule has 10 heteroatoms. The first kappa shape index (κ1) is 18.4. The molecule has 1 saturated heterocycles. The number of likely N-dealkylation sites (tertiary alicyclic amines) is 1. The van der Waals surface area contributed by atoms with Gasteiger partial charge in [0, 0.05) is 21.8 Å². The van der Waals surface area contributed by atoms with Gasteiger partial charge < -0.3 is 29.7 Å². The number of rotatable bonds is 5. The average Bonchev–Trinajstić information content (AvgIpc) is 2.96. The van der Waals surface area contributed by atoms with Crippen molar-refractivity contribution in [2.75, 3.05) is 25.0 Å². The molecule has 1 amide bonds. The maximum absolute atomic E-state index is 12.7. The molecule has 2 atom stereocenters. The number of phenolic OH excluding ortho intramolecular Hbond substituents is 1. The molecule has 26 heavy (non-hydrogen) atoms. The van der Waals surface area contributed by atoms with E-state index in [1.165, 1.54) is 11.0 Å². The number of phenols is 1. The molecule has 0 saturated carbocycles.